The Morgan fingerprint density at radius 3 is 2.71 bits per heavy atom. The Morgan fingerprint density at radius 2 is 2.43 bits per heavy atom. The van der Waals surface area contributed by atoms with Crippen molar-refractivity contribution in [2.75, 3.05) is 11.5 Å². The summed E-state index contributed by atoms with van der Waals surface area (Å²) in [5.74, 6) is 3.94. The van der Waals surface area contributed by atoms with Crippen LogP contribution in [-0.4, -0.2) is 11.5 Å². The molecule has 1 aliphatic heterocycles. The molecule has 0 aromatic heterocycles. The summed E-state index contributed by atoms with van der Waals surface area (Å²) < 4.78 is 0. The van der Waals surface area contributed by atoms with Gasteiger partial charge in [-0.15, -0.1) is 0 Å². The monoisotopic (exact) mass is 117 g/mol. The number of hydrogen-bond donors (Lipinski definition) is 0. The van der Waals surface area contributed by atoms with Crippen molar-refractivity contribution < 1.29 is 0 Å². The zero-order valence-corrected chi connectivity index (χ0v) is 5.75. The highest BCUT2D eigenvalue weighted by molar-refractivity contribution is 7.78. The summed E-state index contributed by atoms with van der Waals surface area (Å²) in [6.45, 7) is 2.35. The van der Waals surface area contributed by atoms with E-state index >= 15 is 0 Å². The van der Waals surface area contributed by atoms with Gasteiger partial charge in [0.05, 0.1) is 0 Å². The van der Waals surface area contributed by atoms with E-state index in [0.29, 0.717) is 0 Å². The average Bonchev–Trinajstić information content (AvgIpc) is 1.69. The van der Waals surface area contributed by atoms with E-state index in [0.717, 1.165) is 5.92 Å². The van der Waals surface area contributed by atoms with Crippen LogP contribution in [0.1, 0.15) is 19.8 Å². The van der Waals surface area contributed by atoms with E-state index in [1.807, 2.05) is 0 Å². The van der Waals surface area contributed by atoms with Gasteiger partial charge in [0.25, 0.3) is 0 Å². The van der Waals surface area contributed by atoms with E-state index in [9.17, 15) is 0 Å². The highest BCUT2D eigenvalue weighted by Crippen LogP contribution is 2.11. The Balaban J connectivity index is 2.12. The summed E-state index contributed by atoms with van der Waals surface area (Å²) >= 11 is 1.69. The van der Waals surface area contributed by atoms with E-state index in [2.05, 4.69) is 6.92 Å². The molecule has 0 amide bonds. The van der Waals surface area contributed by atoms with Crippen LogP contribution in [0.25, 0.3) is 0 Å². The fourth-order valence-corrected chi connectivity index (χ4v) is 2.17. The smallest absolute Gasteiger partial charge is 0.0580 e. The Bertz CT molecular complexity index is 46.1. The van der Waals surface area contributed by atoms with Gasteiger partial charge in [0, 0.05) is 5.92 Å². The topological polar surface area (TPSA) is 0 Å². The molecule has 1 aliphatic rings. The second kappa shape index (κ2) is 2.61. The predicted molar refractivity (Wildman–Crippen MR) is 36.9 cm³/mol. The minimum atomic E-state index is 1.02. The minimum absolute atomic E-state index is 1.02. The summed E-state index contributed by atoms with van der Waals surface area (Å²) in [6, 6.07) is 0. The van der Waals surface area contributed by atoms with Gasteiger partial charge in [0.2, 0.25) is 0 Å². The lowest BCUT2D eigenvalue weighted by atomic mass is 10.1. The Labute approximate surface area is 49.7 Å². The van der Waals surface area contributed by atoms with Crippen molar-refractivity contribution in [3.05, 3.63) is 0 Å². The molecule has 1 rings (SSSR count). The van der Waals surface area contributed by atoms with Crippen molar-refractivity contribution in [3.63, 3.8) is 0 Å². The van der Waals surface area contributed by atoms with Gasteiger partial charge in [-0.3, -0.25) is 0 Å². The van der Waals surface area contributed by atoms with E-state index in [-0.39, 0.29) is 0 Å². The van der Waals surface area contributed by atoms with Gasteiger partial charge in [-0.05, 0) is 24.6 Å². The Hall–Kier alpha value is 0.350. The van der Waals surface area contributed by atoms with Crippen LogP contribution in [0.4, 0.5) is 0 Å². The van der Waals surface area contributed by atoms with Crippen LogP contribution < -0.4 is 0 Å². The molecule has 0 aromatic carbocycles. The molecule has 1 fully saturated rings. The van der Waals surface area contributed by atoms with Crippen molar-refractivity contribution in [3.8, 4) is 0 Å². The fraction of sp³-hybridized carbons (Fsp3) is 1.00. The normalized spacial score (nSPS) is 33.0. The van der Waals surface area contributed by atoms with Crippen molar-refractivity contribution in [1.29, 1.82) is 0 Å². The molecule has 0 aromatic rings. The largest absolute Gasteiger partial charge is 0.108 e. The van der Waals surface area contributed by atoms with Gasteiger partial charge >= 0.3 is 0 Å². The van der Waals surface area contributed by atoms with Crippen LogP contribution in [0.5, 0.6) is 0 Å². The van der Waals surface area contributed by atoms with Crippen molar-refractivity contribution in [1.82, 2.24) is 0 Å². The quantitative estimate of drug-likeness (QED) is 0.331. The van der Waals surface area contributed by atoms with Crippen molar-refractivity contribution >= 4 is 11.8 Å². The van der Waals surface area contributed by atoms with Gasteiger partial charge in [-0.25, -0.2) is 0 Å². The first kappa shape index (κ1) is 5.49. The summed E-state index contributed by atoms with van der Waals surface area (Å²) in [5.41, 5.74) is 0. The van der Waals surface area contributed by atoms with Crippen LogP contribution >= 0.6 is 0 Å². The standard InChI is InChI=1S/C6H12S/c1-6-3-2-4-7-5-6/h6H,2-5H2,1H3/p+1. The van der Waals surface area contributed by atoms with Crippen LogP contribution in [0.15, 0.2) is 0 Å². The van der Waals surface area contributed by atoms with Gasteiger partial charge in [-0.1, -0.05) is 6.92 Å². The second-order valence-electron chi connectivity index (χ2n) is 2.38. The van der Waals surface area contributed by atoms with Crippen LogP contribution in [0.3, 0.4) is 0 Å². The molecule has 7 heavy (non-hydrogen) atoms. The van der Waals surface area contributed by atoms with E-state index in [1.165, 1.54) is 24.3 Å². The predicted octanol–water partition coefficient (Wildman–Crippen LogP) is 1.23. The maximum atomic E-state index is 2.35. The molecule has 0 nitrogen and oxygen atoms in total. The van der Waals surface area contributed by atoms with Gasteiger partial charge < -0.3 is 0 Å². The minimum Gasteiger partial charge on any atom is -0.0580 e. The van der Waals surface area contributed by atoms with E-state index < -0.39 is 0 Å². The first-order valence-electron chi connectivity index (χ1n) is 3.03. The fourth-order valence-electron chi connectivity index (χ4n) is 0.955. The molecular weight excluding hydrogens is 104 g/mol. The molecule has 42 valence electrons. The highest BCUT2D eigenvalue weighted by Gasteiger charge is 2.12. The third-order valence-electron chi connectivity index (χ3n) is 1.45. The molecule has 0 saturated carbocycles. The third kappa shape index (κ3) is 1.72. The Kier molecular flexibility index (Phi) is 2.04. The van der Waals surface area contributed by atoms with E-state index in [4.69, 9.17) is 0 Å². The molecule has 1 saturated heterocycles. The van der Waals surface area contributed by atoms with E-state index in [1.54, 1.807) is 11.8 Å². The molecule has 1 unspecified atom stereocenters. The second-order valence-corrected chi connectivity index (χ2v) is 3.64. The number of hydrogen-bond acceptors (Lipinski definition) is 0. The van der Waals surface area contributed by atoms with Crippen molar-refractivity contribution in [2.45, 2.75) is 19.8 Å². The average molecular weight is 117 g/mol. The van der Waals surface area contributed by atoms with Gasteiger partial charge in [-0.2, -0.15) is 0 Å². The summed E-state index contributed by atoms with van der Waals surface area (Å²) in [7, 11) is 0. The van der Waals surface area contributed by atoms with Crippen LogP contribution in [0.2, 0.25) is 0 Å². The van der Waals surface area contributed by atoms with Crippen LogP contribution in [0, 0.1) is 5.92 Å². The summed E-state index contributed by atoms with van der Waals surface area (Å²) in [6.07, 6.45) is 2.95. The Morgan fingerprint density at radius 1 is 1.57 bits per heavy atom. The molecule has 0 spiro atoms. The maximum Gasteiger partial charge on any atom is 0.108 e. The summed E-state index contributed by atoms with van der Waals surface area (Å²) in [4.78, 5) is 0. The lowest BCUT2D eigenvalue weighted by Gasteiger charge is -2.09. The lowest BCUT2D eigenvalue weighted by Crippen LogP contribution is -2.12. The molecule has 0 N–H and O–H groups in total. The van der Waals surface area contributed by atoms with Gasteiger partial charge in [0.1, 0.15) is 11.5 Å². The summed E-state index contributed by atoms with van der Waals surface area (Å²) in [5, 5.41) is 0. The zero-order chi connectivity index (χ0) is 5.11. The number of thiol groups is 1. The molecule has 0 radical (unpaired) electrons. The van der Waals surface area contributed by atoms with Crippen molar-refractivity contribution in [2.24, 2.45) is 5.92 Å². The molecule has 1 heterocycles. The lowest BCUT2D eigenvalue weighted by molar-refractivity contribution is 0.572. The van der Waals surface area contributed by atoms with Gasteiger partial charge in [0.15, 0.2) is 0 Å². The highest BCUT2D eigenvalue weighted by atomic mass is 32.2. The molecule has 1 atom stereocenters. The molecule has 0 aliphatic carbocycles. The molecule has 0 bridgehead atoms. The zero-order valence-electron chi connectivity index (χ0n) is 4.85. The number of rotatable bonds is 0. The maximum absolute atomic E-state index is 2.35. The first-order valence-corrected chi connectivity index (χ1v) is 4.29. The SMILES string of the molecule is CC1CCC[SH+]C1. The molecular formula is C6H13S+. The first-order chi connectivity index (χ1) is 3.39. The molecule has 1 heteroatoms. The van der Waals surface area contributed by atoms with Crippen LogP contribution in [-0.2, 0) is 11.8 Å². The third-order valence-corrected chi connectivity index (χ3v) is 2.97.